The van der Waals surface area contributed by atoms with Crippen LogP contribution in [0.4, 0.5) is 0 Å². The van der Waals surface area contributed by atoms with Gasteiger partial charge in [-0.3, -0.25) is 5.10 Å². The smallest absolute Gasteiger partial charge is 0.216 e. The summed E-state index contributed by atoms with van der Waals surface area (Å²) < 4.78 is 2.18. The molecule has 0 saturated carbocycles. The zero-order valence-corrected chi connectivity index (χ0v) is 16.4. The van der Waals surface area contributed by atoms with E-state index in [2.05, 4.69) is 88.1 Å². The maximum Gasteiger partial charge on any atom is 0.216 e. The molecule has 4 nitrogen and oxygen atoms in total. The SMILES string of the molecule is S=c1[nH]nc(Cc2cccc3ccccc23)n1/N=C\c1ccc2ccccc2c1. The van der Waals surface area contributed by atoms with Crippen LogP contribution in [0.1, 0.15) is 17.0 Å². The summed E-state index contributed by atoms with van der Waals surface area (Å²) in [5.41, 5.74) is 2.21. The Morgan fingerprint density at radius 2 is 1.62 bits per heavy atom. The number of hydrogen-bond acceptors (Lipinski definition) is 3. The first-order valence-electron chi connectivity index (χ1n) is 9.44. The highest BCUT2D eigenvalue weighted by atomic mass is 32.1. The third-order valence-corrected chi connectivity index (χ3v) is 5.31. The number of aromatic nitrogens is 3. The first-order chi connectivity index (χ1) is 14.3. The van der Waals surface area contributed by atoms with Gasteiger partial charge >= 0.3 is 0 Å². The quantitative estimate of drug-likeness (QED) is 0.313. The van der Waals surface area contributed by atoms with E-state index in [1.165, 1.54) is 27.1 Å². The lowest BCUT2D eigenvalue weighted by Crippen LogP contribution is -2.01. The normalized spacial score (nSPS) is 11.6. The van der Waals surface area contributed by atoms with Crippen molar-refractivity contribution in [3.05, 3.63) is 107 Å². The summed E-state index contributed by atoms with van der Waals surface area (Å²) in [6, 6.07) is 29.2. The summed E-state index contributed by atoms with van der Waals surface area (Å²) in [7, 11) is 0. The van der Waals surface area contributed by atoms with Crippen LogP contribution < -0.4 is 0 Å². The molecule has 140 valence electrons. The van der Waals surface area contributed by atoms with Gasteiger partial charge in [-0.2, -0.15) is 14.9 Å². The zero-order chi connectivity index (χ0) is 19.6. The molecule has 5 heteroatoms. The van der Waals surface area contributed by atoms with Crippen LogP contribution in [0.5, 0.6) is 0 Å². The Balaban J connectivity index is 1.49. The Morgan fingerprint density at radius 1 is 0.862 bits per heavy atom. The molecule has 0 spiro atoms. The molecule has 1 N–H and O–H groups in total. The molecule has 5 aromatic rings. The molecule has 0 aliphatic rings. The van der Waals surface area contributed by atoms with Crippen LogP contribution in [0.2, 0.25) is 0 Å². The summed E-state index contributed by atoms with van der Waals surface area (Å²) >= 11 is 5.41. The van der Waals surface area contributed by atoms with Crippen molar-refractivity contribution in [2.45, 2.75) is 6.42 Å². The van der Waals surface area contributed by atoms with Crippen molar-refractivity contribution in [3.8, 4) is 0 Å². The first kappa shape index (κ1) is 17.5. The molecule has 0 radical (unpaired) electrons. The summed E-state index contributed by atoms with van der Waals surface area (Å²) in [4.78, 5) is 0. The standard InChI is InChI=1S/C24H18N4S/c29-24-27-26-23(15-21-10-5-9-19-7-3-4-11-22(19)21)28(24)25-16-17-12-13-18-6-1-2-8-20(18)14-17/h1-14,16H,15H2,(H,27,29)/b25-16-. The molecule has 0 atom stereocenters. The van der Waals surface area contributed by atoms with Gasteiger partial charge in [-0.05, 0) is 51.0 Å². The molecule has 0 unspecified atom stereocenters. The van der Waals surface area contributed by atoms with Crippen molar-refractivity contribution in [2.24, 2.45) is 5.10 Å². The van der Waals surface area contributed by atoms with E-state index in [4.69, 9.17) is 12.2 Å². The van der Waals surface area contributed by atoms with E-state index < -0.39 is 0 Å². The average molecular weight is 395 g/mol. The van der Waals surface area contributed by atoms with Gasteiger partial charge in [-0.1, -0.05) is 78.9 Å². The van der Waals surface area contributed by atoms with Gasteiger partial charge in [0.25, 0.3) is 0 Å². The van der Waals surface area contributed by atoms with Crippen molar-refractivity contribution in [1.29, 1.82) is 0 Å². The molecular formula is C24H18N4S. The van der Waals surface area contributed by atoms with Crippen molar-refractivity contribution in [1.82, 2.24) is 14.9 Å². The maximum absolute atomic E-state index is 5.41. The number of hydrogen-bond donors (Lipinski definition) is 1. The van der Waals surface area contributed by atoms with Gasteiger partial charge in [0, 0.05) is 6.42 Å². The molecule has 0 aliphatic carbocycles. The molecular weight excluding hydrogens is 376 g/mol. The number of nitrogens with zero attached hydrogens (tertiary/aromatic N) is 3. The lowest BCUT2D eigenvalue weighted by atomic mass is 10.0. The van der Waals surface area contributed by atoms with Crippen LogP contribution in [0.25, 0.3) is 21.5 Å². The van der Waals surface area contributed by atoms with Crippen molar-refractivity contribution < 1.29 is 0 Å². The Labute approximate surface area is 173 Å². The van der Waals surface area contributed by atoms with Gasteiger partial charge in [0.05, 0.1) is 6.21 Å². The monoisotopic (exact) mass is 394 g/mol. The van der Waals surface area contributed by atoms with Gasteiger partial charge in [-0.15, -0.1) is 0 Å². The Bertz CT molecular complexity index is 1410. The van der Waals surface area contributed by atoms with Crippen LogP contribution in [0.15, 0.2) is 90.0 Å². The fourth-order valence-corrected chi connectivity index (χ4v) is 3.79. The van der Waals surface area contributed by atoms with Crippen LogP contribution in [-0.4, -0.2) is 21.1 Å². The number of rotatable bonds is 4. The van der Waals surface area contributed by atoms with E-state index in [1.807, 2.05) is 18.3 Å². The molecule has 0 saturated heterocycles. The van der Waals surface area contributed by atoms with Crippen molar-refractivity contribution in [3.63, 3.8) is 0 Å². The second-order valence-corrected chi connectivity index (χ2v) is 7.31. The van der Waals surface area contributed by atoms with Crippen LogP contribution in [0, 0.1) is 4.77 Å². The highest BCUT2D eigenvalue weighted by molar-refractivity contribution is 7.71. The number of fused-ring (bicyclic) bond motifs is 2. The van der Waals surface area contributed by atoms with Gasteiger partial charge in [0.2, 0.25) is 4.77 Å². The molecule has 1 heterocycles. The predicted octanol–water partition coefficient (Wildman–Crippen LogP) is 5.72. The number of H-pyrrole nitrogens is 1. The fraction of sp³-hybridized carbons (Fsp3) is 0.0417. The fourth-order valence-electron chi connectivity index (χ4n) is 3.59. The van der Waals surface area contributed by atoms with E-state index in [9.17, 15) is 0 Å². The lowest BCUT2D eigenvalue weighted by molar-refractivity contribution is 0.793. The van der Waals surface area contributed by atoms with Gasteiger partial charge in [0.15, 0.2) is 5.82 Å². The Morgan fingerprint density at radius 3 is 2.52 bits per heavy atom. The summed E-state index contributed by atoms with van der Waals surface area (Å²) in [6.45, 7) is 0. The molecule has 0 amide bonds. The first-order valence-corrected chi connectivity index (χ1v) is 9.85. The van der Waals surface area contributed by atoms with Crippen LogP contribution in [0.3, 0.4) is 0 Å². The van der Waals surface area contributed by atoms with Crippen molar-refractivity contribution >= 4 is 40.0 Å². The minimum atomic E-state index is 0.484. The lowest BCUT2D eigenvalue weighted by Gasteiger charge is -2.06. The van der Waals surface area contributed by atoms with Gasteiger partial charge in [0.1, 0.15) is 0 Å². The summed E-state index contributed by atoms with van der Waals surface area (Å²) in [5.74, 6) is 0.781. The molecule has 0 fully saturated rings. The van der Waals surface area contributed by atoms with E-state index in [1.54, 1.807) is 4.68 Å². The van der Waals surface area contributed by atoms with E-state index in [0.29, 0.717) is 11.2 Å². The average Bonchev–Trinajstić information content (AvgIpc) is 3.11. The molecule has 1 aromatic heterocycles. The Kier molecular flexibility index (Phi) is 4.50. The second kappa shape index (κ2) is 7.45. The number of nitrogens with one attached hydrogen (secondary N) is 1. The van der Waals surface area contributed by atoms with Crippen LogP contribution in [-0.2, 0) is 6.42 Å². The summed E-state index contributed by atoms with van der Waals surface area (Å²) in [6.07, 6.45) is 2.47. The minimum Gasteiger partial charge on any atom is -0.250 e. The minimum absolute atomic E-state index is 0.484. The van der Waals surface area contributed by atoms with Gasteiger partial charge in [-0.25, -0.2) is 0 Å². The van der Waals surface area contributed by atoms with E-state index in [0.717, 1.165) is 11.4 Å². The Hall–Kier alpha value is -3.57. The number of benzene rings is 4. The highest BCUT2D eigenvalue weighted by Gasteiger charge is 2.09. The summed E-state index contributed by atoms with van der Waals surface area (Å²) in [5, 5.41) is 16.7. The molecule has 4 aromatic carbocycles. The van der Waals surface area contributed by atoms with E-state index >= 15 is 0 Å². The third-order valence-electron chi connectivity index (χ3n) is 5.04. The molecule has 0 bridgehead atoms. The molecule has 5 rings (SSSR count). The number of aromatic amines is 1. The maximum atomic E-state index is 5.41. The molecule has 0 aliphatic heterocycles. The largest absolute Gasteiger partial charge is 0.250 e. The topological polar surface area (TPSA) is 46.0 Å². The van der Waals surface area contributed by atoms with Gasteiger partial charge < -0.3 is 0 Å². The van der Waals surface area contributed by atoms with Crippen molar-refractivity contribution in [2.75, 3.05) is 0 Å². The second-order valence-electron chi connectivity index (χ2n) is 6.92. The molecule has 29 heavy (non-hydrogen) atoms. The predicted molar refractivity (Wildman–Crippen MR) is 121 cm³/mol. The third kappa shape index (κ3) is 3.48. The van der Waals surface area contributed by atoms with Crippen LogP contribution >= 0.6 is 12.2 Å². The highest BCUT2D eigenvalue weighted by Crippen LogP contribution is 2.21. The zero-order valence-electron chi connectivity index (χ0n) is 15.6. The van der Waals surface area contributed by atoms with E-state index in [-0.39, 0.29) is 0 Å².